The molecule has 0 saturated heterocycles. The minimum absolute atomic E-state index is 0.258. The zero-order chi connectivity index (χ0) is 19.1. The maximum Gasteiger partial charge on any atom is 0.274 e. The first-order chi connectivity index (χ1) is 13.2. The second kappa shape index (κ2) is 9.00. The zero-order valence-electron chi connectivity index (χ0n) is 14.8. The fraction of sp³-hybridized carbons (Fsp3) is 0.150. The van der Waals surface area contributed by atoms with E-state index >= 15 is 0 Å². The van der Waals surface area contributed by atoms with Gasteiger partial charge in [-0.15, -0.1) is 0 Å². The lowest BCUT2D eigenvalue weighted by molar-refractivity contribution is 0.102. The number of amides is 1. The minimum Gasteiger partial charge on any atom is -0.497 e. The normalized spacial score (nSPS) is 10.3. The Kier molecular flexibility index (Phi) is 6.22. The molecule has 3 rings (SSSR count). The Morgan fingerprint density at radius 3 is 2.78 bits per heavy atom. The first kappa shape index (κ1) is 18.7. The van der Waals surface area contributed by atoms with Gasteiger partial charge in [0, 0.05) is 12.6 Å². The number of para-hydroxylation sites is 1. The number of carbonyl (C=O) groups is 1. The van der Waals surface area contributed by atoms with Crippen LogP contribution in [0.2, 0.25) is 5.02 Å². The van der Waals surface area contributed by atoms with Gasteiger partial charge in [0.15, 0.2) is 0 Å². The molecule has 0 bridgehead atoms. The first-order valence-corrected chi connectivity index (χ1v) is 8.78. The maximum atomic E-state index is 12.4. The van der Waals surface area contributed by atoms with Gasteiger partial charge in [0.25, 0.3) is 5.91 Å². The summed E-state index contributed by atoms with van der Waals surface area (Å²) in [5.41, 5.74) is 1.94. The van der Waals surface area contributed by atoms with Crippen LogP contribution in [0.3, 0.4) is 0 Å². The fourth-order valence-corrected chi connectivity index (χ4v) is 2.67. The number of anilines is 2. The van der Waals surface area contributed by atoms with Crippen LogP contribution in [-0.4, -0.2) is 29.5 Å². The van der Waals surface area contributed by atoms with Crippen LogP contribution < -0.4 is 15.4 Å². The molecule has 6 nitrogen and oxygen atoms in total. The van der Waals surface area contributed by atoms with E-state index in [1.165, 1.54) is 6.33 Å². The Morgan fingerprint density at radius 1 is 1.11 bits per heavy atom. The van der Waals surface area contributed by atoms with Crippen LogP contribution in [0.25, 0.3) is 0 Å². The zero-order valence-corrected chi connectivity index (χ0v) is 15.5. The number of methoxy groups -OCH3 is 1. The number of nitrogens with one attached hydrogen (secondary N) is 2. The standard InChI is InChI=1S/C20H19ClN4O2/c1-27-15-6-4-5-14(11-15)9-10-22-19-12-18(23-13-24-19)20(26)25-17-8-3-2-7-16(17)21/h2-8,11-13H,9-10H2,1H3,(H,25,26)(H,22,23,24). The molecule has 1 aromatic heterocycles. The molecule has 138 valence electrons. The lowest BCUT2D eigenvalue weighted by Crippen LogP contribution is -2.15. The number of ether oxygens (including phenoxy) is 1. The van der Waals surface area contributed by atoms with Gasteiger partial charge in [-0.2, -0.15) is 0 Å². The molecule has 0 fully saturated rings. The summed E-state index contributed by atoms with van der Waals surface area (Å²) < 4.78 is 5.22. The monoisotopic (exact) mass is 382 g/mol. The van der Waals surface area contributed by atoms with Crippen molar-refractivity contribution in [2.45, 2.75) is 6.42 Å². The second-order valence-electron chi connectivity index (χ2n) is 5.75. The molecule has 0 saturated carbocycles. The van der Waals surface area contributed by atoms with Gasteiger partial charge in [-0.25, -0.2) is 9.97 Å². The molecule has 0 atom stereocenters. The molecule has 0 unspecified atom stereocenters. The van der Waals surface area contributed by atoms with Crippen molar-refractivity contribution in [1.82, 2.24) is 9.97 Å². The third kappa shape index (κ3) is 5.18. The van der Waals surface area contributed by atoms with Crippen LogP contribution in [0.4, 0.5) is 11.5 Å². The van der Waals surface area contributed by atoms with Crippen LogP contribution in [0, 0.1) is 0 Å². The second-order valence-corrected chi connectivity index (χ2v) is 6.16. The molecular formula is C20H19ClN4O2. The predicted molar refractivity (Wildman–Crippen MR) is 107 cm³/mol. The summed E-state index contributed by atoms with van der Waals surface area (Å²) in [6.07, 6.45) is 2.15. The van der Waals surface area contributed by atoms with E-state index in [0.29, 0.717) is 23.1 Å². The van der Waals surface area contributed by atoms with E-state index < -0.39 is 0 Å². The van der Waals surface area contributed by atoms with Gasteiger partial charge >= 0.3 is 0 Å². The van der Waals surface area contributed by atoms with E-state index in [1.807, 2.05) is 24.3 Å². The van der Waals surface area contributed by atoms with Crippen molar-refractivity contribution in [3.05, 3.63) is 77.2 Å². The Bertz CT molecular complexity index is 933. The Balaban J connectivity index is 1.59. The lowest BCUT2D eigenvalue weighted by Gasteiger charge is -2.09. The number of carbonyl (C=O) groups excluding carboxylic acids is 1. The molecule has 0 radical (unpaired) electrons. The van der Waals surface area contributed by atoms with Gasteiger partial charge in [-0.3, -0.25) is 4.79 Å². The average Bonchev–Trinajstić information content (AvgIpc) is 2.70. The van der Waals surface area contributed by atoms with E-state index in [2.05, 4.69) is 20.6 Å². The molecule has 0 aliphatic rings. The van der Waals surface area contributed by atoms with Crippen molar-refractivity contribution < 1.29 is 9.53 Å². The Morgan fingerprint density at radius 2 is 1.96 bits per heavy atom. The summed E-state index contributed by atoms with van der Waals surface area (Å²) in [7, 11) is 1.65. The molecular weight excluding hydrogens is 364 g/mol. The van der Waals surface area contributed by atoms with E-state index in [1.54, 1.807) is 37.4 Å². The largest absolute Gasteiger partial charge is 0.497 e. The molecule has 1 heterocycles. The number of rotatable bonds is 7. The fourth-order valence-electron chi connectivity index (χ4n) is 2.49. The molecule has 2 N–H and O–H groups in total. The van der Waals surface area contributed by atoms with E-state index in [9.17, 15) is 4.79 Å². The Labute approximate surface area is 162 Å². The van der Waals surface area contributed by atoms with Gasteiger partial charge in [0.05, 0.1) is 17.8 Å². The van der Waals surface area contributed by atoms with Gasteiger partial charge in [0.1, 0.15) is 23.6 Å². The molecule has 1 amide bonds. The summed E-state index contributed by atoms with van der Waals surface area (Å²) in [5.74, 6) is 1.06. The van der Waals surface area contributed by atoms with Crippen molar-refractivity contribution in [2.24, 2.45) is 0 Å². The van der Waals surface area contributed by atoms with Crippen molar-refractivity contribution in [1.29, 1.82) is 0 Å². The maximum absolute atomic E-state index is 12.4. The topological polar surface area (TPSA) is 76.1 Å². The number of halogens is 1. The number of aromatic nitrogens is 2. The number of nitrogens with zero attached hydrogens (tertiary/aromatic N) is 2. The highest BCUT2D eigenvalue weighted by molar-refractivity contribution is 6.33. The first-order valence-electron chi connectivity index (χ1n) is 8.40. The van der Waals surface area contributed by atoms with E-state index in [4.69, 9.17) is 16.3 Å². The third-order valence-corrected chi connectivity index (χ3v) is 4.21. The average molecular weight is 383 g/mol. The van der Waals surface area contributed by atoms with Crippen LogP contribution >= 0.6 is 11.6 Å². The van der Waals surface area contributed by atoms with Gasteiger partial charge in [-0.05, 0) is 36.2 Å². The quantitative estimate of drug-likeness (QED) is 0.644. The van der Waals surface area contributed by atoms with Crippen LogP contribution in [0.5, 0.6) is 5.75 Å². The van der Waals surface area contributed by atoms with E-state index in [-0.39, 0.29) is 11.6 Å². The summed E-state index contributed by atoms with van der Waals surface area (Å²) in [6.45, 7) is 0.662. The molecule has 27 heavy (non-hydrogen) atoms. The highest BCUT2D eigenvalue weighted by atomic mass is 35.5. The predicted octanol–water partition coefficient (Wildman–Crippen LogP) is 4.05. The van der Waals surface area contributed by atoms with Crippen molar-refractivity contribution >= 4 is 29.0 Å². The van der Waals surface area contributed by atoms with Crippen molar-refractivity contribution in [3.8, 4) is 5.75 Å². The van der Waals surface area contributed by atoms with Gasteiger partial charge < -0.3 is 15.4 Å². The number of hydrogen-bond acceptors (Lipinski definition) is 5. The smallest absolute Gasteiger partial charge is 0.274 e. The highest BCUT2D eigenvalue weighted by Crippen LogP contribution is 2.21. The number of benzene rings is 2. The molecule has 2 aromatic carbocycles. The number of hydrogen-bond donors (Lipinski definition) is 2. The van der Waals surface area contributed by atoms with Crippen molar-refractivity contribution in [3.63, 3.8) is 0 Å². The summed E-state index contributed by atoms with van der Waals surface area (Å²) in [5, 5.41) is 6.42. The Hall–Kier alpha value is -3.12. The van der Waals surface area contributed by atoms with Crippen LogP contribution in [0.1, 0.15) is 16.1 Å². The molecule has 0 aliphatic heterocycles. The van der Waals surface area contributed by atoms with Gasteiger partial charge in [-0.1, -0.05) is 35.9 Å². The van der Waals surface area contributed by atoms with E-state index in [0.717, 1.165) is 17.7 Å². The van der Waals surface area contributed by atoms with Crippen molar-refractivity contribution in [2.75, 3.05) is 24.3 Å². The highest BCUT2D eigenvalue weighted by Gasteiger charge is 2.10. The third-order valence-electron chi connectivity index (χ3n) is 3.88. The lowest BCUT2D eigenvalue weighted by atomic mass is 10.1. The molecule has 7 heteroatoms. The minimum atomic E-state index is -0.346. The summed E-state index contributed by atoms with van der Waals surface area (Å²) >= 11 is 6.07. The molecule has 0 spiro atoms. The summed E-state index contributed by atoms with van der Waals surface area (Å²) in [6, 6.07) is 16.5. The van der Waals surface area contributed by atoms with Crippen LogP contribution in [-0.2, 0) is 6.42 Å². The van der Waals surface area contributed by atoms with Crippen LogP contribution in [0.15, 0.2) is 60.9 Å². The summed E-state index contributed by atoms with van der Waals surface area (Å²) in [4.78, 5) is 20.6. The molecule has 3 aromatic rings. The van der Waals surface area contributed by atoms with Gasteiger partial charge in [0.2, 0.25) is 0 Å². The molecule has 0 aliphatic carbocycles. The SMILES string of the molecule is COc1cccc(CCNc2cc(C(=O)Nc3ccccc3Cl)ncn2)c1.